The number of carbonyl (C=O) groups is 2. The maximum absolute atomic E-state index is 13.3. The number of benzene rings is 2. The van der Waals surface area contributed by atoms with Gasteiger partial charge in [-0.15, -0.1) is 0 Å². The molecule has 0 bridgehead atoms. The Hall–Kier alpha value is -3.32. The van der Waals surface area contributed by atoms with Crippen LogP contribution in [0.25, 0.3) is 5.69 Å². The molecule has 1 aromatic heterocycles. The smallest absolute Gasteiger partial charge is 0.410 e. The summed E-state index contributed by atoms with van der Waals surface area (Å²) in [5.74, 6) is -0.100. The number of hydrogen-bond donors (Lipinski definition) is 1. The van der Waals surface area contributed by atoms with E-state index in [1.807, 2.05) is 80.9 Å². The molecule has 1 saturated heterocycles. The van der Waals surface area contributed by atoms with Crippen LogP contribution in [0.3, 0.4) is 0 Å². The van der Waals surface area contributed by atoms with Crippen molar-refractivity contribution in [2.24, 2.45) is 0 Å². The molecule has 0 radical (unpaired) electrons. The first kappa shape index (κ1) is 25.8. The molecule has 3 aromatic rings. The first-order valence-corrected chi connectivity index (χ1v) is 12.6. The van der Waals surface area contributed by atoms with E-state index in [-0.39, 0.29) is 17.9 Å². The molecule has 0 saturated carbocycles. The minimum atomic E-state index is -0.534. The van der Waals surface area contributed by atoms with E-state index in [4.69, 9.17) is 16.3 Å². The van der Waals surface area contributed by atoms with E-state index in [2.05, 4.69) is 10.4 Å². The Morgan fingerprint density at radius 1 is 1.06 bits per heavy atom. The number of rotatable bonds is 5. The van der Waals surface area contributed by atoms with Gasteiger partial charge in [0.25, 0.3) is 5.91 Å². The molecule has 1 N–H and O–H groups in total. The minimum Gasteiger partial charge on any atom is -0.444 e. The van der Waals surface area contributed by atoms with Crippen molar-refractivity contribution in [3.63, 3.8) is 0 Å². The van der Waals surface area contributed by atoms with Crippen LogP contribution >= 0.6 is 11.6 Å². The summed E-state index contributed by atoms with van der Waals surface area (Å²) >= 11 is 5.98. The number of aromatic nitrogens is 2. The van der Waals surface area contributed by atoms with Crippen molar-refractivity contribution in [3.8, 4) is 5.69 Å². The molecule has 1 aliphatic rings. The van der Waals surface area contributed by atoms with Crippen LogP contribution in [-0.2, 0) is 11.3 Å². The van der Waals surface area contributed by atoms with Gasteiger partial charge in [0.05, 0.1) is 23.1 Å². The number of nitrogens with zero attached hydrogens (tertiary/aromatic N) is 3. The molecule has 190 valence electrons. The van der Waals surface area contributed by atoms with Crippen molar-refractivity contribution in [1.29, 1.82) is 0 Å². The first-order valence-electron chi connectivity index (χ1n) is 12.3. The van der Waals surface area contributed by atoms with Gasteiger partial charge >= 0.3 is 6.09 Å². The maximum atomic E-state index is 13.3. The van der Waals surface area contributed by atoms with Crippen molar-refractivity contribution in [1.82, 2.24) is 20.0 Å². The predicted molar refractivity (Wildman–Crippen MR) is 141 cm³/mol. The van der Waals surface area contributed by atoms with Gasteiger partial charge in [0, 0.05) is 30.6 Å². The first-order chi connectivity index (χ1) is 17.1. The number of piperidine rings is 1. The van der Waals surface area contributed by atoms with E-state index in [9.17, 15) is 9.59 Å². The van der Waals surface area contributed by atoms with Gasteiger partial charge in [0.15, 0.2) is 0 Å². The van der Waals surface area contributed by atoms with Gasteiger partial charge in [0.2, 0.25) is 0 Å². The van der Waals surface area contributed by atoms with Gasteiger partial charge in [-0.2, -0.15) is 5.10 Å². The Morgan fingerprint density at radius 2 is 1.69 bits per heavy atom. The summed E-state index contributed by atoms with van der Waals surface area (Å²) in [5, 5.41) is 8.29. The van der Waals surface area contributed by atoms with E-state index in [0.29, 0.717) is 43.1 Å². The molecule has 2 heterocycles. The van der Waals surface area contributed by atoms with E-state index >= 15 is 0 Å². The monoisotopic (exact) mass is 508 g/mol. The summed E-state index contributed by atoms with van der Waals surface area (Å²) in [6.45, 7) is 9.15. The molecule has 8 heteroatoms. The van der Waals surface area contributed by atoms with Crippen LogP contribution in [0.15, 0.2) is 54.7 Å². The number of ether oxygens (including phenoxy) is 1. The third-order valence-corrected chi connectivity index (χ3v) is 6.48. The summed E-state index contributed by atoms with van der Waals surface area (Å²) in [5.41, 5.74) is 3.91. The molecule has 0 atom stereocenters. The van der Waals surface area contributed by atoms with Crippen LogP contribution in [-0.4, -0.2) is 45.4 Å². The Kier molecular flexibility index (Phi) is 7.69. The summed E-state index contributed by atoms with van der Waals surface area (Å²) in [7, 11) is 0. The molecule has 0 spiro atoms. The quantitative estimate of drug-likeness (QED) is 0.467. The van der Waals surface area contributed by atoms with Crippen molar-refractivity contribution in [2.75, 3.05) is 13.1 Å². The Balaban J connectivity index is 1.56. The van der Waals surface area contributed by atoms with Crippen LogP contribution in [0, 0.1) is 6.92 Å². The van der Waals surface area contributed by atoms with Crippen molar-refractivity contribution < 1.29 is 14.3 Å². The molecule has 1 fully saturated rings. The van der Waals surface area contributed by atoms with Gasteiger partial charge in [-0.25, -0.2) is 9.48 Å². The van der Waals surface area contributed by atoms with E-state index < -0.39 is 5.60 Å². The fourth-order valence-electron chi connectivity index (χ4n) is 4.36. The number of likely N-dealkylation sites (tertiary alicyclic amines) is 1. The minimum absolute atomic E-state index is 0.0729. The van der Waals surface area contributed by atoms with Crippen LogP contribution in [0.2, 0.25) is 5.02 Å². The normalized spacial score (nSPS) is 14.5. The number of amides is 2. The summed E-state index contributed by atoms with van der Waals surface area (Å²) in [6, 6.07) is 15.5. The molecule has 0 aliphatic carbocycles. The van der Waals surface area contributed by atoms with Gasteiger partial charge < -0.3 is 15.0 Å². The second kappa shape index (κ2) is 10.7. The maximum Gasteiger partial charge on any atom is 0.410 e. The lowest BCUT2D eigenvalue weighted by molar-refractivity contribution is 0.0203. The lowest BCUT2D eigenvalue weighted by atomic mass is 9.90. The zero-order valence-corrected chi connectivity index (χ0v) is 22.0. The predicted octanol–water partition coefficient (Wildman–Crippen LogP) is 5.88. The molecule has 1 aliphatic heterocycles. The molecular weight excluding hydrogens is 476 g/mol. The van der Waals surface area contributed by atoms with Crippen LogP contribution in [0.1, 0.15) is 66.7 Å². The average molecular weight is 509 g/mol. The fourth-order valence-corrected chi connectivity index (χ4v) is 4.49. The third kappa shape index (κ3) is 6.26. The highest BCUT2D eigenvalue weighted by atomic mass is 35.5. The third-order valence-electron chi connectivity index (χ3n) is 6.23. The molecule has 7 nitrogen and oxygen atoms in total. The highest BCUT2D eigenvalue weighted by Crippen LogP contribution is 2.33. The van der Waals surface area contributed by atoms with E-state index in [1.54, 1.807) is 11.1 Å². The van der Waals surface area contributed by atoms with Gasteiger partial charge in [0.1, 0.15) is 5.60 Å². The van der Waals surface area contributed by atoms with Crippen LogP contribution < -0.4 is 5.32 Å². The topological polar surface area (TPSA) is 76.5 Å². The number of nitrogens with one attached hydrogen (secondary N) is 1. The highest BCUT2D eigenvalue weighted by molar-refractivity contribution is 6.30. The zero-order valence-electron chi connectivity index (χ0n) is 21.3. The number of aryl methyl sites for hydroxylation is 1. The molecule has 2 amide bonds. The Labute approximate surface area is 217 Å². The molecule has 0 unspecified atom stereocenters. The molecule has 2 aromatic carbocycles. The average Bonchev–Trinajstić information content (AvgIpc) is 3.28. The van der Waals surface area contributed by atoms with Gasteiger partial charge in [-0.1, -0.05) is 41.4 Å². The second-order valence-electron chi connectivity index (χ2n) is 10.2. The Bertz CT molecular complexity index is 1210. The Morgan fingerprint density at radius 3 is 2.31 bits per heavy atom. The highest BCUT2D eigenvalue weighted by Gasteiger charge is 2.32. The van der Waals surface area contributed by atoms with Crippen LogP contribution in [0.4, 0.5) is 4.79 Å². The van der Waals surface area contributed by atoms with Crippen molar-refractivity contribution in [2.45, 2.75) is 58.6 Å². The van der Waals surface area contributed by atoms with Gasteiger partial charge in [-0.05, 0) is 70.4 Å². The summed E-state index contributed by atoms with van der Waals surface area (Å²) in [6.07, 6.45) is 2.78. The molecule has 4 rings (SSSR count). The standard InChI is InChI=1S/C28H33ClN4O3/c1-19-5-11-23(12-6-19)33-25(21-13-15-32(16-14-21)27(35)36-28(2,3)4)24(18-31-33)26(34)30-17-20-7-9-22(29)10-8-20/h5-12,18,21H,13-17H2,1-4H3,(H,30,34). The summed E-state index contributed by atoms with van der Waals surface area (Å²) < 4.78 is 7.41. The van der Waals surface area contributed by atoms with Crippen molar-refractivity contribution in [3.05, 3.63) is 82.1 Å². The number of halogens is 1. The lowest BCUT2D eigenvalue weighted by Gasteiger charge is -2.34. The number of hydrogen-bond acceptors (Lipinski definition) is 4. The largest absolute Gasteiger partial charge is 0.444 e. The van der Waals surface area contributed by atoms with Gasteiger partial charge in [-0.3, -0.25) is 4.79 Å². The molecular formula is C28H33ClN4O3. The SMILES string of the molecule is Cc1ccc(-n2ncc(C(=O)NCc3ccc(Cl)cc3)c2C2CCN(C(=O)OC(C)(C)C)CC2)cc1. The van der Waals surface area contributed by atoms with Crippen LogP contribution in [0.5, 0.6) is 0 Å². The van der Waals surface area contributed by atoms with E-state index in [0.717, 1.165) is 22.5 Å². The van der Waals surface area contributed by atoms with E-state index in [1.165, 1.54) is 0 Å². The second-order valence-corrected chi connectivity index (χ2v) is 10.7. The fraction of sp³-hybridized carbons (Fsp3) is 0.393. The summed E-state index contributed by atoms with van der Waals surface area (Å²) in [4.78, 5) is 27.6. The van der Waals surface area contributed by atoms with Crippen molar-refractivity contribution >= 4 is 23.6 Å². The number of carbonyl (C=O) groups excluding carboxylic acids is 2. The molecule has 36 heavy (non-hydrogen) atoms. The zero-order chi connectivity index (χ0) is 25.9. The lowest BCUT2D eigenvalue weighted by Crippen LogP contribution is -2.41.